The van der Waals surface area contributed by atoms with Crippen molar-refractivity contribution in [1.29, 1.82) is 0 Å². The van der Waals surface area contributed by atoms with E-state index in [-0.39, 0.29) is 0 Å². The molecular formula is C26H23NOS. The quantitative estimate of drug-likeness (QED) is 0.353. The molecule has 0 aliphatic heterocycles. The van der Waals surface area contributed by atoms with Crippen LogP contribution < -0.4 is 0 Å². The molecular weight excluding hydrogens is 374 g/mol. The van der Waals surface area contributed by atoms with Crippen LogP contribution in [0.4, 0.5) is 0 Å². The van der Waals surface area contributed by atoms with Crippen molar-refractivity contribution in [1.82, 2.24) is 4.57 Å². The maximum Gasteiger partial charge on any atom is 0.0492 e. The van der Waals surface area contributed by atoms with E-state index in [1.54, 1.807) is 0 Å². The number of benzene rings is 4. The van der Waals surface area contributed by atoms with E-state index >= 15 is 0 Å². The van der Waals surface area contributed by atoms with Gasteiger partial charge in [0.25, 0.3) is 0 Å². The van der Waals surface area contributed by atoms with Crippen LogP contribution in [0.15, 0.2) is 118 Å². The van der Waals surface area contributed by atoms with Crippen LogP contribution in [0.2, 0.25) is 0 Å². The van der Waals surface area contributed by atoms with Crippen molar-refractivity contribution in [3.63, 3.8) is 0 Å². The monoisotopic (exact) mass is 397 g/mol. The number of hydrogen-bond acceptors (Lipinski definition) is 1. The van der Waals surface area contributed by atoms with Crippen molar-refractivity contribution in [2.75, 3.05) is 0 Å². The number of aryl methyl sites for hydroxylation is 1. The minimum Gasteiger partial charge on any atom is -0.341 e. The molecule has 0 saturated carbocycles. The molecule has 0 bridgehead atoms. The Morgan fingerprint density at radius 2 is 1.17 bits per heavy atom. The lowest BCUT2D eigenvalue weighted by Gasteiger charge is -2.25. The van der Waals surface area contributed by atoms with E-state index in [4.69, 9.17) is 0 Å². The first-order chi connectivity index (χ1) is 14.2. The van der Waals surface area contributed by atoms with Gasteiger partial charge >= 0.3 is 0 Å². The summed E-state index contributed by atoms with van der Waals surface area (Å²) in [6.45, 7) is 3.07. The van der Waals surface area contributed by atoms with Gasteiger partial charge < -0.3 is 4.57 Å². The summed E-state index contributed by atoms with van der Waals surface area (Å²) in [6, 6.07) is 34.5. The summed E-state index contributed by atoms with van der Waals surface area (Å²) in [5.41, 5.74) is 2.40. The molecule has 144 valence electrons. The fourth-order valence-electron chi connectivity index (χ4n) is 4.30. The SMILES string of the molecule is CCn1c2ccccc2c2cc([SH](=O)(c3ccccc3)c3ccccc3)ccc21. The molecule has 0 atom stereocenters. The number of nitrogens with zero attached hydrogens (tertiary/aromatic N) is 1. The molecule has 5 aromatic rings. The lowest BCUT2D eigenvalue weighted by Crippen LogP contribution is -2.13. The summed E-state index contributed by atoms with van der Waals surface area (Å²) in [5.74, 6) is 0. The Labute approximate surface area is 171 Å². The second-order valence-corrected chi connectivity index (χ2v) is 10.0. The second-order valence-electron chi connectivity index (χ2n) is 7.24. The second kappa shape index (κ2) is 7.02. The first kappa shape index (κ1) is 17.9. The topological polar surface area (TPSA) is 22.0 Å². The third-order valence-corrected chi connectivity index (χ3v) is 8.73. The van der Waals surface area contributed by atoms with Crippen LogP contribution in [0, 0.1) is 0 Å². The smallest absolute Gasteiger partial charge is 0.0492 e. The van der Waals surface area contributed by atoms with Crippen LogP contribution in [0.1, 0.15) is 6.92 Å². The highest BCUT2D eigenvalue weighted by Crippen LogP contribution is 2.39. The van der Waals surface area contributed by atoms with Crippen molar-refractivity contribution in [2.45, 2.75) is 28.2 Å². The van der Waals surface area contributed by atoms with Crippen molar-refractivity contribution >= 4 is 31.7 Å². The molecule has 29 heavy (non-hydrogen) atoms. The van der Waals surface area contributed by atoms with Crippen molar-refractivity contribution in [2.24, 2.45) is 0 Å². The lowest BCUT2D eigenvalue weighted by molar-refractivity contribution is 0.670. The van der Waals surface area contributed by atoms with Gasteiger partial charge in [0.15, 0.2) is 0 Å². The molecule has 1 heterocycles. The molecule has 0 aliphatic carbocycles. The van der Waals surface area contributed by atoms with Gasteiger partial charge in [-0.25, -0.2) is 0 Å². The molecule has 0 fully saturated rings. The third kappa shape index (κ3) is 2.73. The fourth-order valence-corrected chi connectivity index (χ4v) is 6.98. The van der Waals surface area contributed by atoms with Gasteiger partial charge in [0.1, 0.15) is 0 Å². The fraction of sp³-hybridized carbons (Fsp3) is 0.0769. The highest BCUT2D eigenvalue weighted by molar-refractivity contribution is 8.03. The molecule has 1 aromatic heterocycles. The van der Waals surface area contributed by atoms with Crippen LogP contribution in [0.3, 0.4) is 0 Å². The predicted molar refractivity (Wildman–Crippen MR) is 122 cm³/mol. The third-order valence-electron chi connectivity index (χ3n) is 5.68. The largest absolute Gasteiger partial charge is 0.341 e. The highest BCUT2D eigenvalue weighted by Gasteiger charge is 2.24. The van der Waals surface area contributed by atoms with Crippen molar-refractivity contribution in [3.8, 4) is 0 Å². The summed E-state index contributed by atoms with van der Waals surface area (Å²) >= 11 is 0. The molecule has 0 amide bonds. The van der Waals surface area contributed by atoms with E-state index < -0.39 is 9.93 Å². The average Bonchev–Trinajstić information content (AvgIpc) is 3.12. The molecule has 0 radical (unpaired) electrons. The molecule has 0 saturated heterocycles. The molecule has 4 aromatic carbocycles. The zero-order valence-corrected chi connectivity index (χ0v) is 17.2. The minimum atomic E-state index is -2.97. The maximum absolute atomic E-state index is 14.7. The van der Waals surface area contributed by atoms with Crippen LogP contribution in [-0.4, -0.2) is 8.78 Å². The van der Waals surface area contributed by atoms with E-state index in [9.17, 15) is 4.21 Å². The Kier molecular flexibility index (Phi) is 4.33. The first-order valence-corrected chi connectivity index (χ1v) is 11.7. The van der Waals surface area contributed by atoms with Gasteiger partial charge in [-0.15, -0.1) is 0 Å². The number of aromatic nitrogens is 1. The van der Waals surface area contributed by atoms with Crippen LogP contribution in [0.25, 0.3) is 21.8 Å². The van der Waals surface area contributed by atoms with Gasteiger partial charge in [-0.05, 0) is 65.4 Å². The summed E-state index contributed by atoms with van der Waals surface area (Å²) < 4.78 is 17.0. The molecule has 5 rings (SSSR count). The Balaban J connectivity index is 1.84. The zero-order chi connectivity index (χ0) is 19.8. The van der Waals surface area contributed by atoms with E-state index in [0.717, 1.165) is 26.6 Å². The average molecular weight is 398 g/mol. The van der Waals surface area contributed by atoms with Gasteiger partial charge in [0, 0.05) is 43.0 Å². The predicted octanol–water partition coefficient (Wildman–Crippen LogP) is 6.31. The van der Waals surface area contributed by atoms with E-state index in [2.05, 4.69) is 47.9 Å². The standard InChI is InChI=1S/C26H23NOS/c1-2-27-25-16-10-9-15-23(25)24-19-22(17-18-26(24)27)29(28,20-11-5-3-6-12-20)21-13-7-4-8-14-21/h3-19,29H,2H2,1H3. The highest BCUT2D eigenvalue weighted by atomic mass is 32.2. The Bertz CT molecular complexity index is 1310. The van der Waals surface area contributed by atoms with Gasteiger partial charge in [-0.2, -0.15) is 0 Å². The molecule has 3 heteroatoms. The minimum absolute atomic E-state index is 0.866. The van der Waals surface area contributed by atoms with E-state index in [1.807, 2.05) is 66.7 Å². The molecule has 0 aliphatic rings. The Morgan fingerprint density at radius 3 is 1.79 bits per heavy atom. The van der Waals surface area contributed by atoms with Crippen molar-refractivity contribution < 1.29 is 4.21 Å². The maximum atomic E-state index is 14.7. The van der Waals surface area contributed by atoms with Crippen LogP contribution in [-0.2, 0) is 16.5 Å². The Morgan fingerprint density at radius 1 is 0.621 bits per heavy atom. The van der Waals surface area contributed by atoms with E-state index in [0.29, 0.717) is 0 Å². The summed E-state index contributed by atoms with van der Waals surface area (Å²) in [5, 5.41) is 2.37. The van der Waals surface area contributed by atoms with Gasteiger partial charge in [0.2, 0.25) is 0 Å². The van der Waals surface area contributed by atoms with E-state index in [1.165, 1.54) is 16.4 Å². The van der Waals surface area contributed by atoms with Gasteiger partial charge in [-0.3, -0.25) is 4.21 Å². The van der Waals surface area contributed by atoms with Crippen molar-refractivity contribution in [3.05, 3.63) is 103 Å². The zero-order valence-electron chi connectivity index (χ0n) is 16.3. The number of thiol groups is 1. The van der Waals surface area contributed by atoms with Gasteiger partial charge in [0.05, 0.1) is 0 Å². The lowest BCUT2D eigenvalue weighted by atomic mass is 10.1. The molecule has 0 spiro atoms. The van der Waals surface area contributed by atoms with Gasteiger partial charge in [-0.1, -0.05) is 54.6 Å². The number of rotatable bonds is 4. The number of hydrogen-bond donors (Lipinski definition) is 1. The molecule has 0 unspecified atom stereocenters. The number of para-hydroxylation sites is 1. The van der Waals surface area contributed by atoms with Crippen LogP contribution in [0.5, 0.6) is 0 Å². The first-order valence-electron chi connectivity index (χ1n) is 9.96. The molecule has 0 N–H and O–H groups in total. The van der Waals surface area contributed by atoms with Crippen LogP contribution >= 0.6 is 0 Å². The summed E-state index contributed by atoms with van der Waals surface area (Å²) in [4.78, 5) is 2.61. The summed E-state index contributed by atoms with van der Waals surface area (Å²) in [6.07, 6.45) is 0. The Hall–Kier alpha value is -3.17. The molecule has 2 nitrogen and oxygen atoms in total. The normalized spacial score (nSPS) is 12.4. The number of fused-ring (bicyclic) bond motifs is 3. The summed E-state index contributed by atoms with van der Waals surface area (Å²) in [7, 11) is -2.97.